The van der Waals surface area contributed by atoms with E-state index in [1.807, 2.05) is 14.1 Å². The normalized spacial score (nSPS) is 15.9. The number of carbonyl (C=O) groups is 1. The van der Waals surface area contributed by atoms with E-state index in [0.717, 1.165) is 12.8 Å². The fraction of sp³-hybridized carbons (Fsp3) is 0.357. The fourth-order valence-electron chi connectivity index (χ4n) is 1.99. The molecule has 0 saturated heterocycles. The first-order valence-electron chi connectivity index (χ1n) is 5.68. The predicted octanol–water partition coefficient (Wildman–Crippen LogP) is 2.89. The van der Waals surface area contributed by atoms with Gasteiger partial charge >= 0.3 is 0 Å². The lowest BCUT2D eigenvalue weighted by Crippen LogP contribution is -2.08. The molecule has 0 aliphatic heterocycles. The van der Waals surface area contributed by atoms with Crippen molar-refractivity contribution < 1.29 is 4.79 Å². The maximum atomic E-state index is 11.3. The van der Waals surface area contributed by atoms with E-state index in [9.17, 15) is 4.79 Å². The highest BCUT2D eigenvalue weighted by atomic mass is 16.1. The molecule has 0 radical (unpaired) electrons. The standard InChI is InChI=1S/C14H17NO/c1-15(2)13-8-6-11(7-9-13)12-4-3-5-14(16)10-12/h6-10H,3-5H2,1-2H3. The summed E-state index contributed by atoms with van der Waals surface area (Å²) < 4.78 is 0. The van der Waals surface area contributed by atoms with Gasteiger partial charge in [0.1, 0.15) is 0 Å². The van der Waals surface area contributed by atoms with Crippen LogP contribution < -0.4 is 4.90 Å². The molecule has 0 fully saturated rings. The van der Waals surface area contributed by atoms with Gasteiger partial charge in [-0.1, -0.05) is 12.1 Å². The van der Waals surface area contributed by atoms with Gasteiger partial charge in [0.05, 0.1) is 0 Å². The van der Waals surface area contributed by atoms with Crippen LogP contribution in [0.4, 0.5) is 5.69 Å². The van der Waals surface area contributed by atoms with Crippen molar-refractivity contribution in [3.8, 4) is 0 Å². The summed E-state index contributed by atoms with van der Waals surface area (Å²) in [5.74, 6) is 0.262. The van der Waals surface area contributed by atoms with Crippen LogP contribution in [0.2, 0.25) is 0 Å². The van der Waals surface area contributed by atoms with Gasteiger partial charge in [0.2, 0.25) is 0 Å². The Morgan fingerprint density at radius 2 is 1.75 bits per heavy atom. The minimum Gasteiger partial charge on any atom is -0.378 e. The van der Waals surface area contributed by atoms with E-state index in [1.165, 1.54) is 16.8 Å². The van der Waals surface area contributed by atoms with Crippen LogP contribution in [0.25, 0.3) is 5.57 Å². The number of hydrogen-bond donors (Lipinski definition) is 0. The summed E-state index contributed by atoms with van der Waals surface area (Å²) in [6, 6.07) is 8.38. The highest BCUT2D eigenvalue weighted by Crippen LogP contribution is 2.26. The van der Waals surface area contributed by atoms with Gasteiger partial charge in [-0.2, -0.15) is 0 Å². The van der Waals surface area contributed by atoms with Gasteiger partial charge in [0.25, 0.3) is 0 Å². The van der Waals surface area contributed by atoms with E-state index in [1.54, 1.807) is 6.08 Å². The second-order valence-corrected chi connectivity index (χ2v) is 4.43. The number of rotatable bonds is 2. The average Bonchev–Trinajstić information content (AvgIpc) is 2.29. The van der Waals surface area contributed by atoms with E-state index in [4.69, 9.17) is 0 Å². The summed E-state index contributed by atoms with van der Waals surface area (Å²) in [7, 11) is 4.05. The molecular formula is C14H17NO. The molecule has 2 rings (SSSR count). The third-order valence-corrected chi connectivity index (χ3v) is 2.96. The molecule has 0 spiro atoms. The van der Waals surface area contributed by atoms with Crippen molar-refractivity contribution in [1.29, 1.82) is 0 Å². The number of nitrogens with zero attached hydrogens (tertiary/aromatic N) is 1. The molecule has 0 unspecified atom stereocenters. The van der Waals surface area contributed by atoms with Crippen molar-refractivity contribution in [2.45, 2.75) is 19.3 Å². The Morgan fingerprint density at radius 1 is 1.06 bits per heavy atom. The number of allylic oxidation sites excluding steroid dienone is 2. The quantitative estimate of drug-likeness (QED) is 0.756. The van der Waals surface area contributed by atoms with Crippen molar-refractivity contribution in [3.05, 3.63) is 35.9 Å². The Labute approximate surface area is 96.6 Å². The van der Waals surface area contributed by atoms with Gasteiger partial charge in [0, 0.05) is 26.2 Å². The predicted molar refractivity (Wildman–Crippen MR) is 67.6 cm³/mol. The zero-order chi connectivity index (χ0) is 11.5. The minimum absolute atomic E-state index is 0.262. The third kappa shape index (κ3) is 2.32. The lowest BCUT2D eigenvalue weighted by atomic mass is 9.93. The molecule has 2 heteroatoms. The van der Waals surface area contributed by atoms with Crippen LogP contribution in [-0.4, -0.2) is 19.9 Å². The van der Waals surface area contributed by atoms with Crippen LogP contribution in [0.3, 0.4) is 0 Å². The maximum absolute atomic E-state index is 11.3. The second kappa shape index (κ2) is 4.52. The van der Waals surface area contributed by atoms with Crippen LogP contribution in [-0.2, 0) is 4.79 Å². The molecule has 1 aliphatic carbocycles. The summed E-state index contributed by atoms with van der Waals surface area (Å²) in [6.07, 6.45) is 4.51. The first-order chi connectivity index (χ1) is 7.66. The third-order valence-electron chi connectivity index (χ3n) is 2.96. The summed E-state index contributed by atoms with van der Waals surface area (Å²) in [5, 5.41) is 0. The van der Waals surface area contributed by atoms with Gasteiger partial charge in [-0.15, -0.1) is 0 Å². The fourth-order valence-corrected chi connectivity index (χ4v) is 1.99. The monoisotopic (exact) mass is 215 g/mol. The van der Waals surface area contributed by atoms with Crippen molar-refractivity contribution >= 4 is 17.0 Å². The van der Waals surface area contributed by atoms with E-state index < -0.39 is 0 Å². The van der Waals surface area contributed by atoms with Crippen LogP contribution in [0.1, 0.15) is 24.8 Å². The van der Waals surface area contributed by atoms with Crippen molar-refractivity contribution in [2.24, 2.45) is 0 Å². The van der Waals surface area contributed by atoms with E-state index in [2.05, 4.69) is 29.2 Å². The SMILES string of the molecule is CN(C)c1ccc(C2=CC(=O)CCC2)cc1. The maximum Gasteiger partial charge on any atom is 0.155 e. The Hall–Kier alpha value is -1.57. The Morgan fingerprint density at radius 3 is 2.31 bits per heavy atom. The number of anilines is 1. The lowest BCUT2D eigenvalue weighted by Gasteiger charge is -2.15. The molecule has 16 heavy (non-hydrogen) atoms. The van der Waals surface area contributed by atoms with E-state index in [-0.39, 0.29) is 5.78 Å². The minimum atomic E-state index is 0.262. The lowest BCUT2D eigenvalue weighted by molar-refractivity contribution is -0.114. The first-order valence-corrected chi connectivity index (χ1v) is 5.68. The molecule has 1 aromatic rings. The smallest absolute Gasteiger partial charge is 0.155 e. The Balaban J connectivity index is 2.24. The molecule has 0 atom stereocenters. The van der Waals surface area contributed by atoms with Gasteiger partial charge in [-0.3, -0.25) is 4.79 Å². The summed E-state index contributed by atoms with van der Waals surface area (Å²) >= 11 is 0. The molecule has 1 aliphatic rings. The number of carbonyl (C=O) groups excluding carboxylic acids is 1. The largest absolute Gasteiger partial charge is 0.378 e. The summed E-state index contributed by atoms with van der Waals surface area (Å²) in [4.78, 5) is 13.4. The van der Waals surface area contributed by atoms with Gasteiger partial charge in [0.15, 0.2) is 5.78 Å². The molecule has 84 valence electrons. The number of benzene rings is 1. The Bertz CT molecular complexity index is 415. The molecule has 1 aromatic carbocycles. The highest BCUT2D eigenvalue weighted by molar-refractivity contribution is 5.98. The zero-order valence-electron chi connectivity index (χ0n) is 9.86. The van der Waals surface area contributed by atoms with Crippen LogP contribution in [0, 0.1) is 0 Å². The van der Waals surface area contributed by atoms with Crippen molar-refractivity contribution in [3.63, 3.8) is 0 Å². The average molecular weight is 215 g/mol. The second-order valence-electron chi connectivity index (χ2n) is 4.43. The van der Waals surface area contributed by atoms with Gasteiger partial charge in [-0.25, -0.2) is 0 Å². The molecule has 0 bridgehead atoms. The zero-order valence-corrected chi connectivity index (χ0v) is 9.86. The van der Waals surface area contributed by atoms with Crippen LogP contribution in [0.5, 0.6) is 0 Å². The Kier molecular flexibility index (Phi) is 3.09. The van der Waals surface area contributed by atoms with Gasteiger partial charge < -0.3 is 4.90 Å². The number of hydrogen-bond acceptors (Lipinski definition) is 2. The summed E-state index contributed by atoms with van der Waals surface area (Å²) in [6.45, 7) is 0. The molecular weight excluding hydrogens is 198 g/mol. The molecule has 0 saturated carbocycles. The molecule has 0 N–H and O–H groups in total. The van der Waals surface area contributed by atoms with Crippen molar-refractivity contribution in [1.82, 2.24) is 0 Å². The topological polar surface area (TPSA) is 20.3 Å². The van der Waals surface area contributed by atoms with Crippen LogP contribution in [0.15, 0.2) is 30.3 Å². The number of ketones is 1. The summed E-state index contributed by atoms with van der Waals surface area (Å²) in [5.41, 5.74) is 3.55. The molecule has 0 amide bonds. The van der Waals surface area contributed by atoms with E-state index >= 15 is 0 Å². The first kappa shape index (κ1) is 10.9. The van der Waals surface area contributed by atoms with Crippen LogP contribution >= 0.6 is 0 Å². The molecule has 2 nitrogen and oxygen atoms in total. The van der Waals surface area contributed by atoms with Gasteiger partial charge in [-0.05, 0) is 42.2 Å². The molecule has 0 heterocycles. The molecule has 0 aromatic heterocycles. The van der Waals surface area contributed by atoms with Crippen molar-refractivity contribution in [2.75, 3.05) is 19.0 Å². The highest BCUT2D eigenvalue weighted by Gasteiger charge is 2.11. The van der Waals surface area contributed by atoms with E-state index in [0.29, 0.717) is 6.42 Å².